The second kappa shape index (κ2) is 6.12. The number of hydrogen-bond acceptors (Lipinski definition) is 6. The monoisotopic (exact) mass is 320 g/mol. The minimum absolute atomic E-state index is 0.0866. The number of halogens is 3. The lowest BCUT2D eigenvalue weighted by molar-refractivity contribution is -0.146. The summed E-state index contributed by atoms with van der Waals surface area (Å²) >= 11 is 1.48. The fourth-order valence-corrected chi connectivity index (χ4v) is 2.86. The molecule has 0 amide bonds. The van der Waals surface area contributed by atoms with Gasteiger partial charge in [0.2, 0.25) is 0 Å². The van der Waals surface area contributed by atoms with Gasteiger partial charge in [0.1, 0.15) is 11.4 Å². The van der Waals surface area contributed by atoms with E-state index in [2.05, 4.69) is 15.4 Å². The number of aromatic nitrogens is 2. The number of hydrazine groups is 1. The maximum atomic E-state index is 12.0. The summed E-state index contributed by atoms with van der Waals surface area (Å²) < 4.78 is 41.0. The number of anilines is 1. The van der Waals surface area contributed by atoms with E-state index >= 15 is 0 Å². The van der Waals surface area contributed by atoms with E-state index in [1.165, 1.54) is 11.3 Å². The Morgan fingerprint density at radius 3 is 2.62 bits per heavy atom. The van der Waals surface area contributed by atoms with Crippen LogP contribution < -0.4 is 11.3 Å². The third kappa shape index (κ3) is 3.80. The largest absolute Gasteiger partial charge is 0.391 e. The summed E-state index contributed by atoms with van der Waals surface area (Å²) in [5.41, 5.74) is 3.53. The number of alkyl halides is 3. The second-order valence-corrected chi connectivity index (χ2v) is 5.72. The van der Waals surface area contributed by atoms with Gasteiger partial charge in [0.15, 0.2) is 11.6 Å². The first-order valence-electron chi connectivity index (χ1n) is 6.19. The number of nitrogens with one attached hydrogen (secondary N) is 1. The van der Waals surface area contributed by atoms with E-state index in [4.69, 9.17) is 10.6 Å². The van der Waals surface area contributed by atoms with Crippen molar-refractivity contribution in [1.29, 1.82) is 0 Å². The molecular formula is C12H15F3N4OS. The summed E-state index contributed by atoms with van der Waals surface area (Å²) in [5.74, 6) is 6.21. The smallest absolute Gasteiger partial charge is 0.373 e. The van der Waals surface area contributed by atoms with E-state index in [0.29, 0.717) is 11.6 Å². The number of fused-ring (bicyclic) bond motifs is 1. The van der Waals surface area contributed by atoms with Crippen molar-refractivity contribution in [3.05, 3.63) is 16.3 Å². The summed E-state index contributed by atoms with van der Waals surface area (Å²) in [5, 5.41) is 0.832. The quantitative estimate of drug-likeness (QED) is 0.503. The molecule has 0 saturated heterocycles. The second-order valence-electron chi connectivity index (χ2n) is 4.51. The minimum Gasteiger partial charge on any atom is -0.373 e. The summed E-state index contributed by atoms with van der Waals surface area (Å²) in [4.78, 5) is 10.3. The van der Waals surface area contributed by atoms with Crippen LogP contribution in [-0.4, -0.2) is 22.8 Å². The Labute approximate surface area is 123 Å². The van der Waals surface area contributed by atoms with E-state index in [-0.39, 0.29) is 6.61 Å². The highest BCUT2D eigenvalue weighted by atomic mass is 32.1. The number of nitrogens with two attached hydrogens (primary N) is 1. The Hall–Kier alpha value is -1.45. The molecule has 0 unspecified atom stereocenters. The van der Waals surface area contributed by atoms with Crippen LogP contribution >= 0.6 is 11.3 Å². The zero-order valence-electron chi connectivity index (χ0n) is 11.5. The van der Waals surface area contributed by atoms with Crippen molar-refractivity contribution in [2.24, 2.45) is 5.84 Å². The Morgan fingerprint density at radius 1 is 1.29 bits per heavy atom. The Bertz CT molecular complexity index is 641. The van der Waals surface area contributed by atoms with Gasteiger partial charge in [-0.25, -0.2) is 15.8 Å². The van der Waals surface area contributed by atoms with Crippen molar-refractivity contribution < 1.29 is 17.9 Å². The molecule has 5 nitrogen and oxygen atoms in total. The van der Waals surface area contributed by atoms with Crippen LogP contribution in [0.2, 0.25) is 0 Å². The third-order valence-corrected chi connectivity index (χ3v) is 4.07. The lowest BCUT2D eigenvalue weighted by atomic mass is 10.2. The van der Waals surface area contributed by atoms with Crippen LogP contribution in [0.3, 0.4) is 0 Å². The van der Waals surface area contributed by atoms with E-state index in [1.54, 1.807) is 0 Å². The van der Waals surface area contributed by atoms with Crippen molar-refractivity contribution in [3.63, 3.8) is 0 Å². The van der Waals surface area contributed by atoms with Gasteiger partial charge in [-0.2, -0.15) is 13.2 Å². The fraction of sp³-hybridized carbons (Fsp3) is 0.500. The summed E-state index contributed by atoms with van der Waals surface area (Å²) in [6.45, 7) is 3.40. The number of aryl methyl sites for hydroxylation is 2. The molecule has 2 aromatic heterocycles. The van der Waals surface area contributed by atoms with Gasteiger partial charge in [0.25, 0.3) is 0 Å². The average Bonchev–Trinajstić information content (AvgIpc) is 2.68. The molecule has 0 spiro atoms. The molecule has 2 aromatic rings. The molecule has 2 heterocycles. The van der Waals surface area contributed by atoms with Gasteiger partial charge in [0, 0.05) is 4.88 Å². The molecule has 2 rings (SSSR count). The van der Waals surface area contributed by atoms with Gasteiger partial charge >= 0.3 is 6.18 Å². The average molecular weight is 320 g/mol. The Kier molecular flexibility index (Phi) is 4.64. The molecule has 3 N–H and O–H groups in total. The van der Waals surface area contributed by atoms with Crippen LogP contribution in [0.5, 0.6) is 0 Å². The standard InChI is InChI=1S/C12H15F3N4OS/c1-6-7(2)21-11-9(6)10(19-16)17-8(18-11)5-20-4-3-12(13,14)15/h3-5,16H2,1-2H3,(H,17,18,19). The Morgan fingerprint density at radius 2 is 2.00 bits per heavy atom. The Balaban J connectivity index is 2.14. The first kappa shape index (κ1) is 15.9. The highest BCUT2D eigenvalue weighted by Crippen LogP contribution is 2.32. The van der Waals surface area contributed by atoms with E-state index in [1.807, 2.05) is 13.8 Å². The summed E-state index contributed by atoms with van der Waals surface area (Å²) in [6, 6.07) is 0. The lowest BCUT2D eigenvalue weighted by Crippen LogP contribution is -2.13. The van der Waals surface area contributed by atoms with Gasteiger partial charge in [-0.15, -0.1) is 11.3 Å². The van der Waals surface area contributed by atoms with Gasteiger partial charge in [-0.05, 0) is 19.4 Å². The van der Waals surface area contributed by atoms with Gasteiger partial charge in [0.05, 0.1) is 18.4 Å². The molecule has 9 heteroatoms. The topological polar surface area (TPSA) is 73.1 Å². The number of rotatable bonds is 5. The molecule has 0 atom stereocenters. The first-order chi connectivity index (χ1) is 9.81. The first-order valence-corrected chi connectivity index (χ1v) is 7.01. The molecule has 0 aliphatic rings. The molecule has 116 valence electrons. The number of hydrogen-bond donors (Lipinski definition) is 2. The van der Waals surface area contributed by atoms with Gasteiger partial charge in [-0.3, -0.25) is 0 Å². The number of nitrogen functional groups attached to an aromatic ring is 1. The van der Waals surface area contributed by atoms with Gasteiger partial charge < -0.3 is 10.2 Å². The highest BCUT2D eigenvalue weighted by molar-refractivity contribution is 7.18. The molecule has 0 bridgehead atoms. The lowest BCUT2D eigenvalue weighted by Gasteiger charge is -2.08. The fourth-order valence-electron chi connectivity index (χ4n) is 1.81. The maximum Gasteiger partial charge on any atom is 0.391 e. The number of thiophene rings is 1. The van der Waals surface area contributed by atoms with Crippen molar-refractivity contribution >= 4 is 27.4 Å². The molecule has 0 aliphatic heterocycles. The minimum atomic E-state index is -4.23. The maximum absolute atomic E-state index is 12.0. The predicted molar refractivity (Wildman–Crippen MR) is 75.0 cm³/mol. The molecule has 0 radical (unpaired) electrons. The summed E-state index contributed by atoms with van der Waals surface area (Å²) in [7, 11) is 0. The van der Waals surface area contributed by atoms with Crippen molar-refractivity contribution in [3.8, 4) is 0 Å². The van der Waals surface area contributed by atoms with Crippen LogP contribution in [0, 0.1) is 13.8 Å². The molecule has 0 saturated carbocycles. The van der Waals surface area contributed by atoms with Crippen molar-refractivity contribution in [2.75, 3.05) is 12.0 Å². The van der Waals surface area contributed by atoms with E-state index in [9.17, 15) is 13.2 Å². The molecule has 0 aliphatic carbocycles. The number of ether oxygens (including phenoxy) is 1. The van der Waals surface area contributed by atoms with Crippen LogP contribution in [0.4, 0.5) is 19.0 Å². The molecular weight excluding hydrogens is 305 g/mol. The SMILES string of the molecule is Cc1sc2nc(COCCC(F)(F)F)nc(NN)c2c1C. The highest BCUT2D eigenvalue weighted by Gasteiger charge is 2.26. The predicted octanol–water partition coefficient (Wildman–Crippen LogP) is 3.06. The van der Waals surface area contributed by atoms with Crippen LogP contribution in [0.1, 0.15) is 22.7 Å². The number of nitrogens with zero attached hydrogens (tertiary/aromatic N) is 2. The van der Waals surface area contributed by atoms with Crippen LogP contribution in [0.15, 0.2) is 0 Å². The zero-order chi connectivity index (χ0) is 15.6. The van der Waals surface area contributed by atoms with Crippen molar-refractivity contribution in [1.82, 2.24) is 9.97 Å². The summed E-state index contributed by atoms with van der Waals surface area (Å²) in [6.07, 6.45) is -5.22. The van der Waals surface area contributed by atoms with Crippen LogP contribution in [-0.2, 0) is 11.3 Å². The van der Waals surface area contributed by atoms with E-state index < -0.39 is 19.2 Å². The normalized spacial score (nSPS) is 12.1. The third-order valence-electron chi connectivity index (χ3n) is 2.97. The molecule has 0 aromatic carbocycles. The van der Waals surface area contributed by atoms with Gasteiger partial charge in [-0.1, -0.05) is 0 Å². The molecule has 0 fully saturated rings. The van der Waals surface area contributed by atoms with Crippen LogP contribution in [0.25, 0.3) is 10.2 Å². The van der Waals surface area contributed by atoms with E-state index in [0.717, 1.165) is 20.7 Å². The van der Waals surface area contributed by atoms with Crippen molar-refractivity contribution in [2.45, 2.75) is 33.1 Å². The zero-order valence-corrected chi connectivity index (χ0v) is 12.4. The molecule has 21 heavy (non-hydrogen) atoms.